The van der Waals surface area contributed by atoms with Crippen LogP contribution in [0.2, 0.25) is 5.02 Å². The van der Waals surface area contributed by atoms with Gasteiger partial charge in [0.05, 0.1) is 12.2 Å². The first kappa shape index (κ1) is 11.9. The average Bonchev–Trinajstić information content (AvgIpc) is 2.32. The molecular formula is C13H12ClFN2. The van der Waals surface area contributed by atoms with Gasteiger partial charge in [-0.2, -0.15) is 0 Å². The Hall–Kier alpha value is -1.58. The molecule has 0 aliphatic carbocycles. The molecule has 2 rings (SSSR count). The minimum Gasteiger partial charge on any atom is -0.304 e. The zero-order valence-corrected chi connectivity index (χ0v) is 9.86. The third kappa shape index (κ3) is 2.96. The lowest BCUT2D eigenvalue weighted by Gasteiger charge is -2.19. The van der Waals surface area contributed by atoms with Gasteiger partial charge in [0, 0.05) is 5.02 Å². The fourth-order valence-corrected chi connectivity index (χ4v) is 1.68. The van der Waals surface area contributed by atoms with Crippen molar-refractivity contribution in [3.8, 4) is 0 Å². The van der Waals surface area contributed by atoms with E-state index in [1.54, 1.807) is 30.3 Å². The SMILES string of the molecule is NN(Cc1ccc(Cl)cc1)c1ccccc1F. The minimum atomic E-state index is -0.330. The Kier molecular flexibility index (Phi) is 3.61. The largest absolute Gasteiger partial charge is 0.304 e. The Morgan fingerprint density at radius 2 is 1.71 bits per heavy atom. The smallest absolute Gasteiger partial charge is 0.147 e. The topological polar surface area (TPSA) is 29.3 Å². The zero-order chi connectivity index (χ0) is 12.3. The molecule has 0 spiro atoms. The number of anilines is 1. The molecule has 17 heavy (non-hydrogen) atoms. The molecule has 0 unspecified atom stereocenters. The molecule has 2 aromatic rings. The van der Waals surface area contributed by atoms with Crippen LogP contribution < -0.4 is 10.9 Å². The predicted octanol–water partition coefficient (Wildman–Crippen LogP) is 3.36. The summed E-state index contributed by atoms with van der Waals surface area (Å²) >= 11 is 5.79. The molecule has 0 atom stereocenters. The third-order valence-corrected chi connectivity index (χ3v) is 2.68. The van der Waals surface area contributed by atoms with Gasteiger partial charge in [-0.1, -0.05) is 35.9 Å². The molecule has 0 aliphatic rings. The lowest BCUT2D eigenvalue weighted by molar-refractivity contribution is 0.618. The van der Waals surface area contributed by atoms with Crippen molar-refractivity contribution in [1.29, 1.82) is 0 Å². The van der Waals surface area contributed by atoms with E-state index in [-0.39, 0.29) is 5.82 Å². The highest BCUT2D eigenvalue weighted by atomic mass is 35.5. The fraction of sp³-hybridized carbons (Fsp3) is 0.0769. The molecule has 0 fully saturated rings. The summed E-state index contributed by atoms with van der Waals surface area (Å²) < 4.78 is 13.5. The summed E-state index contributed by atoms with van der Waals surface area (Å²) in [4.78, 5) is 0. The van der Waals surface area contributed by atoms with E-state index in [2.05, 4.69) is 0 Å². The summed E-state index contributed by atoms with van der Waals surface area (Å²) in [7, 11) is 0. The Morgan fingerprint density at radius 1 is 1.06 bits per heavy atom. The summed E-state index contributed by atoms with van der Waals surface area (Å²) in [6, 6.07) is 13.7. The number of hydrazine groups is 1. The first-order valence-electron chi connectivity index (χ1n) is 5.18. The Bertz CT molecular complexity index is 499. The molecule has 2 aromatic carbocycles. The zero-order valence-electron chi connectivity index (χ0n) is 9.11. The molecule has 0 aromatic heterocycles. The van der Waals surface area contributed by atoms with Crippen molar-refractivity contribution in [2.24, 2.45) is 5.84 Å². The molecule has 4 heteroatoms. The normalized spacial score (nSPS) is 10.3. The number of rotatable bonds is 3. The van der Waals surface area contributed by atoms with Crippen LogP contribution in [-0.2, 0) is 6.54 Å². The highest BCUT2D eigenvalue weighted by molar-refractivity contribution is 6.30. The molecule has 0 heterocycles. The van der Waals surface area contributed by atoms with Crippen molar-refractivity contribution >= 4 is 17.3 Å². The van der Waals surface area contributed by atoms with Crippen LogP contribution in [0.5, 0.6) is 0 Å². The van der Waals surface area contributed by atoms with E-state index in [4.69, 9.17) is 17.4 Å². The molecule has 0 saturated carbocycles. The van der Waals surface area contributed by atoms with Crippen LogP contribution in [0.4, 0.5) is 10.1 Å². The average molecular weight is 251 g/mol. The highest BCUT2D eigenvalue weighted by Crippen LogP contribution is 2.18. The van der Waals surface area contributed by atoms with Crippen molar-refractivity contribution in [3.05, 3.63) is 64.9 Å². The monoisotopic (exact) mass is 250 g/mol. The number of benzene rings is 2. The van der Waals surface area contributed by atoms with Crippen LogP contribution in [0, 0.1) is 5.82 Å². The van der Waals surface area contributed by atoms with E-state index in [0.29, 0.717) is 17.3 Å². The lowest BCUT2D eigenvalue weighted by Crippen LogP contribution is -2.30. The van der Waals surface area contributed by atoms with E-state index in [0.717, 1.165) is 5.56 Å². The number of halogens is 2. The second-order valence-electron chi connectivity index (χ2n) is 3.71. The molecule has 0 bridgehead atoms. The van der Waals surface area contributed by atoms with Gasteiger partial charge in [-0.15, -0.1) is 0 Å². The summed E-state index contributed by atoms with van der Waals surface area (Å²) in [6.45, 7) is 0.429. The summed E-state index contributed by atoms with van der Waals surface area (Å²) in [5, 5.41) is 2.04. The van der Waals surface area contributed by atoms with E-state index in [9.17, 15) is 4.39 Å². The number of nitrogens with zero attached hydrogens (tertiary/aromatic N) is 1. The van der Waals surface area contributed by atoms with Crippen LogP contribution in [0.1, 0.15) is 5.56 Å². The molecule has 0 saturated heterocycles. The van der Waals surface area contributed by atoms with Crippen LogP contribution in [0.3, 0.4) is 0 Å². The highest BCUT2D eigenvalue weighted by Gasteiger charge is 2.07. The van der Waals surface area contributed by atoms with Crippen molar-refractivity contribution in [3.63, 3.8) is 0 Å². The van der Waals surface area contributed by atoms with E-state index < -0.39 is 0 Å². The van der Waals surface area contributed by atoms with Crippen LogP contribution >= 0.6 is 11.6 Å². The maximum atomic E-state index is 13.5. The second-order valence-corrected chi connectivity index (χ2v) is 4.14. The molecule has 2 N–H and O–H groups in total. The summed E-state index contributed by atoms with van der Waals surface area (Å²) in [5.41, 5.74) is 1.35. The van der Waals surface area contributed by atoms with Gasteiger partial charge in [0.15, 0.2) is 0 Å². The molecule has 0 amide bonds. The van der Waals surface area contributed by atoms with Crippen LogP contribution in [-0.4, -0.2) is 0 Å². The van der Waals surface area contributed by atoms with Crippen molar-refractivity contribution < 1.29 is 4.39 Å². The maximum Gasteiger partial charge on any atom is 0.147 e. The predicted molar refractivity (Wildman–Crippen MR) is 68.2 cm³/mol. The molecule has 88 valence electrons. The van der Waals surface area contributed by atoms with Gasteiger partial charge in [0.1, 0.15) is 5.82 Å². The lowest BCUT2D eigenvalue weighted by atomic mass is 10.2. The number of hydrogen-bond donors (Lipinski definition) is 1. The number of hydrogen-bond acceptors (Lipinski definition) is 2. The van der Waals surface area contributed by atoms with Gasteiger partial charge in [0.2, 0.25) is 0 Å². The number of nitrogens with two attached hydrogens (primary N) is 1. The van der Waals surface area contributed by atoms with Gasteiger partial charge >= 0.3 is 0 Å². The van der Waals surface area contributed by atoms with Crippen LogP contribution in [0.15, 0.2) is 48.5 Å². The molecular weight excluding hydrogens is 239 g/mol. The Morgan fingerprint density at radius 3 is 2.35 bits per heavy atom. The summed E-state index contributed by atoms with van der Waals surface area (Å²) in [6.07, 6.45) is 0. The first-order valence-corrected chi connectivity index (χ1v) is 5.56. The number of para-hydroxylation sites is 1. The quantitative estimate of drug-likeness (QED) is 0.669. The van der Waals surface area contributed by atoms with Gasteiger partial charge in [-0.05, 0) is 29.8 Å². The minimum absolute atomic E-state index is 0.330. The van der Waals surface area contributed by atoms with Crippen molar-refractivity contribution in [1.82, 2.24) is 0 Å². The summed E-state index contributed by atoms with van der Waals surface area (Å²) in [5.74, 6) is 5.50. The first-order chi connectivity index (χ1) is 8.16. The Balaban J connectivity index is 2.14. The maximum absolute atomic E-state index is 13.5. The van der Waals surface area contributed by atoms with Gasteiger partial charge in [0.25, 0.3) is 0 Å². The standard InChI is InChI=1S/C13H12ClFN2/c14-11-7-5-10(6-8-11)9-17(16)13-4-2-1-3-12(13)15/h1-8H,9,16H2. The van der Waals surface area contributed by atoms with Crippen LogP contribution in [0.25, 0.3) is 0 Å². The molecule has 2 nitrogen and oxygen atoms in total. The Labute approximate surface area is 104 Å². The molecule has 0 radical (unpaired) electrons. The van der Waals surface area contributed by atoms with Gasteiger partial charge in [-0.25, -0.2) is 10.2 Å². The van der Waals surface area contributed by atoms with Gasteiger partial charge < -0.3 is 5.01 Å². The van der Waals surface area contributed by atoms with Crippen molar-refractivity contribution in [2.45, 2.75) is 6.54 Å². The van der Waals surface area contributed by atoms with Gasteiger partial charge in [-0.3, -0.25) is 0 Å². The van der Waals surface area contributed by atoms with E-state index in [1.165, 1.54) is 11.1 Å². The molecule has 0 aliphatic heterocycles. The third-order valence-electron chi connectivity index (χ3n) is 2.43. The fourth-order valence-electron chi connectivity index (χ4n) is 1.56. The van der Waals surface area contributed by atoms with E-state index >= 15 is 0 Å². The van der Waals surface area contributed by atoms with Crippen molar-refractivity contribution in [2.75, 3.05) is 5.01 Å². The second kappa shape index (κ2) is 5.17. The van der Waals surface area contributed by atoms with E-state index in [1.807, 2.05) is 12.1 Å².